The first-order chi connectivity index (χ1) is 12.8. The van der Waals surface area contributed by atoms with E-state index < -0.39 is 0 Å². The second kappa shape index (κ2) is 6.10. The number of hydrogen-bond donors (Lipinski definition) is 0. The van der Waals surface area contributed by atoms with Crippen LogP contribution in [-0.4, -0.2) is 40.1 Å². The first-order valence-electron chi connectivity index (χ1n) is 8.15. The van der Waals surface area contributed by atoms with E-state index in [-0.39, 0.29) is 5.82 Å². The predicted octanol–water partition coefficient (Wildman–Crippen LogP) is 2.62. The molecule has 0 amide bonds. The Bertz CT molecular complexity index is 1050. The molecule has 130 valence electrons. The van der Waals surface area contributed by atoms with Crippen molar-refractivity contribution in [1.82, 2.24) is 34.3 Å². The number of benzene rings is 1. The molecule has 0 fully saturated rings. The fraction of sp³-hybridized carbons (Fsp3) is 0.176. The summed E-state index contributed by atoms with van der Waals surface area (Å²) in [6, 6.07) is 6.37. The lowest BCUT2D eigenvalue weighted by molar-refractivity contribution is 0.627. The van der Waals surface area contributed by atoms with Gasteiger partial charge in [0.25, 0.3) is 0 Å². The topological polar surface area (TPSA) is 66.3 Å². The fourth-order valence-corrected chi connectivity index (χ4v) is 3.99. The Kier molecular flexibility index (Phi) is 3.59. The molecule has 0 unspecified atom stereocenters. The van der Waals surface area contributed by atoms with Gasteiger partial charge in [0.05, 0.1) is 24.1 Å². The van der Waals surface area contributed by atoms with Crippen LogP contribution in [0.5, 0.6) is 0 Å². The van der Waals surface area contributed by atoms with Gasteiger partial charge in [-0.05, 0) is 24.3 Å². The highest BCUT2D eigenvalue weighted by molar-refractivity contribution is 7.99. The smallest absolute Gasteiger partial charge is 0.168 e. The van der Waals surface area contributed by atoms with E-state index in [2.05, 4.69) is 25.0 Å². The maximum atomic E-state index is 13.8. The van der Waals surface area contributed by atoms with Crippen LogP contribution in [0.2, 0.25) is 0 Å². The minimum absolute atomic E-state index is 0.326. The number of thioether (sulfide) groups is 1. The molecule has 1 aliphatic heterocycles. The number of imidazole rings is 1. The maximum absolute atomic E-state index is 13.8. The zero-order valence-electron chi connectivity index (χ0n) is 13.7. The van der Waals surface area contributed by atoms with E-state index in [1.165, 1.54) is 12.1 Å². The molecule has 0 aliphatic carbocycles. The van der Waals surface area contributed by atoms with Crippen molar-refractivity contribution >= 4 is 11.8 Å². The second-order valence-electron chi connectivity index (χ2n) is 5.97. The first-order valence-corrected chi connectivity index (χ1v) is 9.14. The fourth-order valence-electron chi connectivity index (χ4n) is 3.03. The Morgan fingerprint density at radius 2 is 2.19 bits per heavy atom. The molecular formula is C17H14FN7S. The van der Waals surface area contributed by atoms with Crippen LogP contribution in [-0.2, 0) is 13.1 Å². The molecule has 0 atom stereocenters. The van der Waals surface area contributed by atoms with Crippen molar-refractivity contribution in [2.24, 2.45) is 0 Å². The minimum Gasteiger partial charge on any atom is -0.325 e. The van der Waals surface area contributed by atoms with Gasteiger partial charge in [0, 0.05) is 36.5 Å². The molecule has 9 heteroatoms. The number of aromatic nitrogens is 7. The van der Waals surface area contributed by atoms with Crippen LogP contribution in [0.1, 0.15) is 5.69 Å². The summed E-state index contributed by atoms with van der Waals surface area (Å²) in [7, 11) is 0. The Morgan fingerprint density at radius 1 is 1.23 bits per heavy atom. The lowest BCUT2D eigenvalue weighted by atomic mass is 10.1. The minimum atomic E-state index is -0.326. The van der Waals surface area contributed by atoms with Gasteiger partial charge in [-0.1, -0.05) is 17.0 Å². The average Bonchev–Trinajstić information content (AvgIpc) is 3.40. The Hall–Kier alpha value is -2.94. The SMILES string of the molecule is Fc1ccc(-n2cccn2)c(-c2cn(Cc3cn4c(n3)SCC4)nn2)c1. The molecule has 0 saturated heterocycles. The van der Waals surface area contributed by atoms with E-state index in [0.29, 0.717) is 17.8 Å². The van der Waals surface area contributed by atoms with E-state index in [9.17, 15) is 4.39 Å². The lowest BCUT2D eigenvalue weighted by Crippen LogP contribution is -2.01. The summed E-state index contributed by atoms with van der Waals surface area (Å²) in [6.07, 6.45) is 7.35. The number of nitrogens with zero attached hydrogens (tertiary/aromatic N) is 7. The van der Waals surface area contributed by atoms with Crippen molar-refractivity contribution in [1.29, 1.82) is 0 Å². The summed E-state index contributed by atoms with van der Waals surface area (Å²) in [6.45, 7) is 1.52. The zero-order valence-corrected chi connectivity index (χ0v) is 14.5. The number of hydrogen-bond acceptors (Lipinski definition) is 5. The Balaban J connectivity index is 1.47. The third-order valence-corrected chi connectivity index (χ3v) is 5.17. The van der Waals surface area contributed by atoms with E-state index >= 15 is 0 Å². The highest BCUT2D eigenvalue weighted by atomic mass is 32.2. The van der Waals surface area contributed by atoms with E-state index in [1.54, 1.807) is 39.6 Å². The molecule has 0 saturated carbocycles. The highest BCUT2D eigenvalue weighted by Crippen LogP contribution is 2.27. The second-order valence-corrected chi connectivity index (χ2v) is 7.03. The van der Waals surface area contributed by atoms with Crippen LogP contribution in [0.4, 0.5) is 4.39 Å². The summed E-state index contributed by atoms with van der Waals surface area (Å²) in [5.41, 5.74) is 2.93. The third-order valence-electron chi connectivity index (χ3n) is 4.20. The van der Waals surface area contributed by atoms with Crippen molar-refractivity contribution in [3.8, 4) is 16.9 Å². The standard InChI is InChI=1S/C17H14FN7S/c18-12-2-3-16(25-5-1-4-19-25)14(8-12)15-11-24(22-21-15)10-13-9-23-6-7-26-17(23)20-13/h1-5,8-9,11H,6-7,10H2. The number of fused-ring (bicyclic) bond motifs is 1. The van der Waals surface area contributed by atoms with Crippen molar-refractivity contribution in [2.75, 3.05) is 5.75 Å². The van der Waals surface area contributed by atoms with Crippen LogP contribution >= 0.6 is 11.8 Å². The Labute approximate surface area is 152 Å². The molecular weight excluding hydrogens is 353 g/mol. The van der Waals surface area contributed by atoms with Gasteiger partial charge in [-0.3, -0.25) is 0 Å². The summed E-state index contributed by atoms with van der Waals surface area (Å²) in [5.74, 6) is 0.749. The monoisotopic (exact) mass is 367 g/mol. The Morgan fingerprint density at radius 3 is 3.04 bits per heavy atom. The molecule has 0 spiro atoms. The van der Waals surface area contributed by atoms with Crippen LogP contribution < -0.4 is 0 Å². The van der Waals surface area contributed by atoms with E-state index in [4.69, 9.17) is 0 Å². The molecule has 3 aromatic heterocycles. The number of rotatable bonds is 4. The van der Waals surface area contributed by atoms with Gasteiger partial charge in [0.2, 0.25) is 0 Å². The van der Waals surface area contributed by atoms with Gasteiger partial charge in [0.15, 0.2) is 5.16 Å². The molecule has 4 aromatic rings. The molecule has 1 aromatic carbocycles. The molecule has 0 bridgehead atoms. The molecule has 7 nitrogen and oxygen atoms in total. The highest BCUT2D eigenvalue weighted by Gasteiger charge is 2.16. The van der Waals surface area contributed by atoms with Crippen molar-refractivity contribution in [3.05, 3.63) is 60.6 Å². The zero-order chi connectivity index (χ0) is 17.5. The van der Waals surface area contributed by atoms with E-state index in [0.717, 1.165) is 28.8 Å². The van der Waals surface area contributed by atoms with Crippen molar-refractivity contribution < 1.29 is 4.39 Å². The summed E-state index contributed by atoms with van der Waals surface area (Å²) >= 11 is 1.76. The molecule has 4 heterocycles. The molecule has 1 aliphatic rings. The summed E-state index contributed by atoms with van der Waals surface area (Å²) in [5, 5.41) is 13.7. The first kappa shape index (κ1) is 15.3. The van der Waals surface area contributed by atoms with Gasteiger partial charge in [0.1, 0.15) is 11.5 Å². The van der Waals surface area contributed by atoms with E-state index in [1.807, 2.05) is 18.5 Å². The largest absolute Gasteiger partial charge is 0.325 e. The van der Waals surface area contributed by atoms with Crippen molar-refractivity contribution in [3.63, 3.8) is 0 Å². The van der Waals surface area contributed by atoms with Gasteiger partial charge in [-0.2, -0.15) is 5.10 Å². The molecule has 0 N–H and O–H groups in total. The van der Waals surface area contributed by atoms with Crippen LogP contribution in [0, 0.1) is 5.82 Å². The van der Waals surface area contributed by atoms with Crippen LogP contribution in [0.25, 0.3) is 16.9 Å². The quantitative estimate of drug-likeness (QED) is 0.555. The summed E-state index contributed by atoms with van der Waals surface area (Å²) < 4.78 is 19.4. The van der Waals surface area contributed by atoms with Crippen molar-refractivity contribution in [2.45, 2.75) is 18.2 Å². The van der Waals surface area contributed by atoms with Gasteiger partial charge in [-0.15, -0.1) is 5.10 Å². The predicted molar refractivity (Wildman–Crippen MR) is 94.6 cm³/mol. The molecule has 5 rings (SSSR count). The van der Waals surface area contributed by atoms with Gasteiger partial charge >= 0.3 is 0 Å². The van der Waals surface area contributed by atoms with Crippen LogP contribution in [0.3, 0.4) is 0 Å². The normalized spacial score (nSPS) is 13.3. The number of halogens is 1. The summed E-state index contributed by atoms with van der Waals surface area (Å²) in [4.78, 5) is 4.60. The lowest BCUT2D eigenvalue weighted by Gasteiger charge is -2.07. The molecule has 0 radical (unpaired) electrons. The van der Waals surface area contributed by atoms with Crippen LogP contribution in [0.15, 0.2) is 54.2 Å². The third kappa shape index (κ3) is 2.70. The molecule has 26 heavy (non-hydrogen) atoms. The van der Waals surface area contributed by atoms with Gasteiger partial charge in [-0.25, -0.2) is 18.7 Å². The number of aryl methyl sites for hydroxylation is 1. The maximum Gasteiger partial charge on any atom is 0.168 e. The van der Waals surface area contributed by atoms with Gasteiger partial charge < -0.3 is 4.57 Å². The average molecular weight is 367 g/mol.